The molecule has 0 aromatic heterocycles. The first-order valence-corrected chi connectivity index (χ1v) is 8.33. The topological polar surface area (TPSA) is 30.5 Å². The highest BCUT2D eigenvalue weighted by molar-refractivity contribution is 8.00. The number of methoxy groups -OCH3 is 1. The molecule has 0 spiro atoms. The number of nitrogens with one attached hydrogen (secondary N) is 1. The van der Waals surface area contributed by atoms with Crippen LogP contribution in [-0.4, -0.2) is 37.9 Å². The van der Waals surface area contributed by atoms with Gasteiger partial charge in [-0.15, -0.1) is 0 Å². The Morgan fingerprint density at radius 2 is 2.10 bits per heavy atom. The molecule has 0 saturated carbocycles. The average Bonchev–Trinajstić information content (AvgIpc) is 2.84. The Hall–Kier alpha value is -0.710. The van der Waals surface area contributed by atoms with Gasteiger partial charge in [0.1, 0.15) is 5.75 Å². The van der Waals surface area contributed by atoms with Crippen LogP contribution in [0.2, 0.25) is 0 Å². The molecule has 1 heterocycles. The number of fused-ring (bicyclic) bond motifs is 1. The van der Waals surface area contributed by atoms with Crippen molar-refractivity contribution >= 4 is 11.8 Å². The third kappa shape index (κ3) is 2.83. The molecule has 110 valence electrons. The molecule has 20 heavy (non-hydrogen) atoms. The van der Waals surface area contributed by atoms with Crippen LogP contribution in [0.25, 0.3) is 0 Å². The number of hydrogen-bond donors (Lipinski definition) is 1. The second kappa shape index (κ2) is 6.37. The molecule has 1 aliphatic heterocycles. The number of rotatable bonds is 4. The summed E-state index contributed by atoms with van der Waals surface area (Å²) in [6.07, 6.45) is 3.54. The third-order valence-corrected chi connectivity index (χ3v) is 5.97. The van der Waals surface area contributed by atoms with Gasteiger partial charge in [0.25, 0.3) is 0 Å². The summed E-state index contributed by atoms with van der Waals surface area (Å²) in [4.78, 5) is 0. The highest BCUT2D eigenvalue weighted by Crippen LogP contribution is 2.42. The Balaban J connectivity index is 1.74. The molecule has 1 aromatic carbocycles. The lowest BCUT2D eigenvalue weighted by Crippen LogP contribution is -2.27. The molecule has 0 amide bonds. The van der Waals surface area contributed by atoms with Crippen LogP contribution in [0.3, 0.4) is 0 Å². The summed E-state index contributed by atoms with van der Waals surface area (Å²) in [6.45, 7) is 1.85. The van der Waals surface area contributed by atoms with Gasteiger partial charge < -0.3 is 14.8 Å². The van der Waals surface area contributed by atoms with E-state index in [1.54, 1.807) is 7.11 Å². The molecule has 2 aliphatic rings. The van der Waals surface area contributed by atoms with E-state index >= 15 is 0 Å². The van der Waals surface area contributed by atoms with Crippen LogP contribution in [0.5, 0.6) is 5.75 Å². The molecule has 2 atom stereocenters. The standard InChI is InChI=1S/C16H23NO2S/c1-17-16-14-10-12(18-2)4-3-11(14)9-15(16)20-13-5-7-19-8-6-13/h3-4,10,13,15-17H,5-9H2,1-2H3. The highest BCUT2D eigenvalue weighted by Gasteiger charge is 2.34. The van der Waals surface area contributed by atoms with Crippen LogP contribution in [0.1, 0.15) is 30.0 Å². The van der Waals surface area contributed by atoms with E-state index in [1.165, 1.54) is 24.0 Å². The summed E-state index contributed by atoms with van der Waals surface area (Å²) < 4.78 is 10.8. The van der Waals surface area contributed by atoms with Crippen molar-refractivity contribution < 1.29 is 9.47 Å². The van der Waals surface area contributed by atoms with Gasteiger partial charge in [-0.1, -0.05) is 6.07 Å². The van der Waals surface area contributed by atoms with E-state index < -0.39 is 0 Å². The molecule has 1 aromatic rings. The summed E-state index contributed by atoms with van der Waals surface area (Å²) in [6, 6.07) is 6.94. The minimum Gasteiger partial charge on any atom is -0.497 e. The quantitative estimate of drug-likeness (QED) is 0.925. The lowest BCUT2D eigenvalue weighted by molar-refractivity contribution is 0.0999. The molecular weight excluding hydrogens is 270 g/mol. The van der Waals surface area contributed by atoms with Crippen molar-refractivity contribution in [3.63, 3.8) is 0 Å². The smallest absolute Gasteiger partial charge is 0.119 e. The molecule has 2 unspecified atom stereocenters. The fourth-order valence-corrected chi connectivity index (χ4v) is 4.91. The molecule has 0 radical (unpaired) electrons. The predicted molar refractivity (Wildman–Crippen MR) is 83.7 cm³/mol. The Kier molecular flexibility index (Phi) is 4.54. The third-order valence-electron chi connectivity index (χ3n) is 4.33. The lowest BCUT2D eigenvalue weighted by atomic mass is 10.1. The monoisotopic (exact) mass is 293 g/mol. The van der Waals surface area contributed by atoms with Crippen molar-refractivity contribution in [2.24, 2.45) is 0 Å². The van der Waals surface area contributed by atoms with Crippen LogP contribution in [0, 0.1) is 0 Å². The molecular formula is C16H23NO2S. The molecule has 3 rings (SSSR count). The summed E-state index contributed by atoms with van der Waals surface area (Å²) in [5.74, 6) is 0.959. The van der Waals surface area contributed by atoms with E-state index in [-0.39, 0.29) is 0 Å². The summed E-state index contributed by atoms with van der Waals surface area (Å²) in [7, 11) is 3.80. The minimum atomic E-state index is 0.438. The Bertz CT molecular complexity index is 460. The predicted octanol–water partition coefficient (Wildman–Crippen LogP) is 2.79. The van der Waals surface area contributed by atoms with Gasteiger partial charge in [-0.3, -0.25) is 0 Å². The SMILES string of the molecule is CNC1c2cc(OC)ccc2CC1SC1CCOCC1. The first-order valence-electron chi connectivity index (χ1n) is 7.39. The van der Waals surface area contributed by atoms with Crippen molar-refractivity contribution in [1.29, 1.82) is 0 Å². The number of thioether (sulfide) groups is 1. The average molecular weight is 293 g/mol. The van der Waals surface area contributed by atoms with E-state index in [0.717, 1.165) is 30.6 Å². The Morgan fingerprint density at radius 1 is 1.30 bits per heavy atom. The van der Waals surface area contributed by atoms with E-state index in [0.29, 0.717) is 11.3 Å². The van der Waals surface area contributed by atoms with Crippen LogP contribution in [0.4, 0.5) is 0 Å². The molecule has 1 aliphatic carbocycles. The van der Waals surface area contributed by atoms with Gasteiger partial charge in [0, 0.05) is 29.8 Å². The number of benzene rings is 1. The largest absolute Gasteiger partial charge is 0.497 e. The second-order valence-corrected chi connectivity index (χ2v) is 7.07. The zero-order valence-corrected chi connectivity index (χ0v) is 13.0. The normalized spacial score (nSPS) is 26.5. The van der Waals surface area contributed by atoms with Crippen molar-refractivity contribution in [2.45, 2.75) is 35.8 Å². The van der Waals surface area contributed by atoms with Crippen molar-refractivity contribution in [3.05, 3.63) is 29.3 Å². The maximum absolute atomic E-state index is 5.46. The minimum absolute atomic E-state index is 0.438. The van der Waals surface area contributed by atoms with Gasteiger partial charge in [0.05, 0.1) is 7.11 Å². The molecule has 4 heteroatoms. The van der Waals surface area contributed by atoms with Gasteiger partial charge >= 0.3 is 0 Å². The first-order chi connectivity index (χ1) is 9.81. The first kappa shape index (κ1) is 14.2. The van der Waals surface area contributed by atoms with Crippen molar-refractivity contribution in [1.82, 2.24) is 5.32 Å². The Morgan fingerprint density at radius 3 is 2.80 bits per heavy atom. The van der Waals surface area contributed by atoms with E-state index in [4.69, 9.17) is 9.47 Å². The van der Waals surface area contributed by atoms with Crippen LogP contribution < -0.4 is 10.1 Å². The second-order valence-electron chi connectivity index (χ2n) is 5.52. The highest BCUT2D eigenvalue weighted by atomic mass is 32.2. The maximum atomic E-state index is 5.46. The zero-order valence-electron chi connectivity index (χ0n) is 12.2. The van der Waals surface area contributed by atoms with E-state index in [2.05, 4.69) is 42.3 Å². The summed E-state index contributed by atoms with van der Waals surface area (Å²) in [5.41, 5.74) is 2.88. The molecule has 1 saturated heterocycles. The number of hydrogen-bond acceptors (Lipinski definition) is 4. The molecule has 1 N–H and O–H groups in total. The lowest BCUT2D eigenvalue weighted by Gasteiger charge is -2.27. The van der Waals surface area contributed by atoms with Gasteiger partial charge in [-0.05, 0) is 49.6 Å². The Labute approximate surface area is 125 Å². The molecule has 3 nitrogen and oxygen atoms in total. The van der Waals surface area contributed by atoms with E-state index in [9.17, 15) is 0 Å². The van der Waals surface area contributed by atoms with Crippen molar-refractivity contribution in [2.75, 3.05) is 27.4 Å². The van der Waals surface area contributed by atoms with Gasteiger partial charge in [0.15, 0.2) is 0 Å². The van der Waals surface area contributed by atoms with Crippen LogP contribution in [-0.2, 0) is 11.2 Å². The fraction of sp³-hybridized carbons (Fsp3) is 0.625. The van der Waals surface area contributed by atoms with E-state index in [1.807, 2.05) is 0 Å². The van der Waals surface area contributed by atoms with Gasteiger partial charge in [0.2, 0.25) is 0 Å². The van der Waals surface area contributed by atoms with Gasteiger partial charge in [-0.25, -0.2) is 0 Å². The summed E-state index contributed by atoms with van der Waals surface area (Å²) >= 11 is 2.15. The molecule has 1 fully saturated rings. The fourth-order valence-electron chi connectivity index (χ4n) is 3.24. The summed E-state index contributed by atoms with van der Waals surface area (Å²) in [5, 5.41) is 4.88. The van der Waals surface area contributed by atoms with Crippen molar-refractivity contribution in [3.8, 4) is 5.75 Å². The van der Waals surface area contributed by atoms with Gasteiger partial charge in [-0.2, -0.15) is 11.8 Å². The number of ether oxygens (including phenoxy) is 2. The molecule has 0 bridgehead atoms. The zero-order chi connectivity index (χ0) is 13.9. The maximum Gasteiger partial charge on any atom is 0.119 e. The van der Waals surface area contributed by atoms with Crippen LogP contribution in [0.15, 0.2) is 18.2 Å². The van der Waals surface area contributed by atoms with Crippen LogP contribution >= 0.6 is 11.8 Å².